The first kappa shape index (κ1) is 12.7. The molecule has 5 heteroatoms. The van der Waals surface area contributed by atoms with Gasteiger partial charge in [-0.25, -0.2) is 0 Å². The Morgan fingerprint density at radius 2 is 2.33 bits per heavy atom. The number of anilines is 1. The van der Waals surface area contributed by atoms with Crippen molar-refractivity contribution in [1.82, 2.24) is 4.90 Å². The molecule has 0 saturated heterocycles. The molecule has 1 saturated carbocycles. The summed E-state index contributed by atoms with van der Waals surface area (Å²) >= 11 is 6.01. The van der Waals surface area contributed by atoms with Crippen molar-refractivity contribution in [3.05, 3.63) is 28.8 Å². The lowest BCUT2D eigenvalue weighted by Crippen LogP contribution is -2.33. The molecule has 0 unspecified atom stereocenters. The van der Waals surface area contributed by atoms with Crippen LogP contribution in [0.15, 0.2) is 18.2 Å². The monoisotopic (exact) mass is 263 g/mol. The van der Waals surface area contributed by atoms with Gasteiger partial charge in [-0.05, 0) is 31.0 Å². The van der Waals surface area contributed by atoms with Crippen molar-refractivity contribution in [3.63, 3.8) is 0 Å². The number of nitrogens with zero attached hydrogens (tertiary/aromatic N) is 2. The number of carbonyl (C=O) groups excluding carboxylic acids is 1. The van der Waals surface area contributed by atoms with E-state index in [9.17, 15) is 4.79 Å². The maximum absolute atomic E-state index is 11.8. The van der Waals surface area contributed by atoms with E-state index in [1.54, 1.807) is 23.1 Å². The summed E-state index contributed by atoms with van der Waals surface area (Å²) in [7, 11) is 1.82. The average molecular weight is 264 g/mol. The zero-order valence-electron chi connectivity index (χ0n) is 10.1. The molecule has 1 N–H and O–H groups in total. The molecule has 94 valence electrons. The van der Waals surface area contributed by atoms with Crippen molar-refractivity contribution >= 4 is 23.2 Å². The van der Waals surface area contributed by atoms with Crippen LogP contribution >= 0.6 is 11.6 Å². The van der Waals surface area contributed by atoms with E-state index in [1.165, 1.54) is 0 Å². The standard InChI is InChI=1S/C13H14ClN3O/c1-17(10-3-4-10)13(18)8-16-12-5-2-9(7-15)6-11(12)14/h2,5-6,10,16H,3-4,8H2,1H3. The molecule has 1 amide bonds. The lowest BCUT2D eigenvalue weighted by atomic mass is 10.2. The Hall–Kier alpha value is -1.73. The van der Waals surface area contributed by atoms with Gasteiger partial charge in [-0.2, -0.15) is 5.26 Å². The summed E-state index contributed by atoms with van der Waals surface area (Å²) in [5.41, 5.74) is 1.18. The average Bonchev–Trinajstić information content (AvgIpc) is 3.20. The van der Waals surface area contributed by atoms with Gasteiger partial charge >= 0.3 is 0 Å². The van der Waals surface area contributed by atoms with E-state index >= 15 is 0 Å². The highest BCUT2D eigenvalue weighted by Crippen LogP contribution is 2.26. The Balaban J connectivity index is 1.93. The fraction of sp³-hybridized carbons (Fsp3) is 0.385. The maximum atomic E-state index is 11.8. The van der Waals surface area contributed by atoms with Crippen molar-refractivity contribution in [2.45, 2.75) is 18.9 Å². The van der Waals surface area contributed by atoms with E-state index in [0.717, 1.165) is 12.8 Å². The highest BCUT2D eigenvalue weighted by molar-refractivity contribution is 6.33. The van der Waals surface area contributed by atoms with Crippen molar-refractivity contribution < 1.29 is 4.79 Å². The summed E-state index contributed by atoms with van der Waals surface area (Å²) in [6.07, 6.45) is 2.19. The van der Waals surface area contributed by atoms with Crippen LogP contribution in [-0.4, -0.2) is 30.4 Å². The molecular formula is C13H14ClN3O. The number of hydrogen-bond acceptors (Lipinski definition) is 3. The van der Waals surface area contributed by atoms with Gasteiger partial charge in [-0.3, -0.25) is 4.79 Å². The summed E-state index contributed by atoms with van der Waals surface area (Å²) < 4.78 is 0. The number of carbonyl (C=O) groups is 1. The van der Waals surface area contributed by atoms with Gasteiger partial charge in [0.1, 0.15) is 0 Å². The molecule has 1 aromatic carbocycles. The van der Waals surface area contributed by atoms with Crippen molar-refractivity contribution in [1.29, 1.82) is 5.26 Å². The second-order valence-corrected chi connectivity index (χ2v) is 4.80. The fourth-order valence-corrected chi connectivity index (χ4v) is 1.94. The van der Waals surface area contributed by atoms with Crippen LogP contribution in [0.5, 0.6) is 0 Å². The Morgan fingerprint density at radius 3 is 2.89 bits per heavy atom. The number of rotatable bonds is 4. The molecule has 0 heterocycles. The third-order valence-electron chi connectivity index (χ3n) is 3.02. The Kier molecular flexibility index (Phi) is 3.73. The number of nitrogens with one attached hydrogen (secondary N) is 1. The van der Waals surface area contributed by atoms with Crippen molar-refractivity contribution in [2.24, 2.45) is 0 Å². The van der Waals surface area contributed by atoms with Gasteiger partial charge in [0.25, 0.3) is 0 Å². The molecule has 1 aliphatic carbocycles. The Morgan fingerprint density at radius 1 is 1.61 bits per heavy atom. The number of halogens is 1. The Bertz CT molecular complexity index is 505. The predicted molar refractivity (Wildman–Crippen MR) is 70.4 cm³/mol. The van der Waals surface area contributed by atoms with E-state index in [0.29, 0.717) is 22.3 Å². The fourth-order valence-electron chi connectivity index (χ4n) is 1.69. The molecule has 0 radical (unpaired) electrons. The van der Waals surface area contributed by atoms with Gasteiger partial charge in [0, 0.05) is 13.1 Å². The first-order valence-electron chi connectivity index (χ1n) is 5.81. The molecule has 1 aliphatic rings. The van der Waals surface area contributed by atoms with Crippen LogP contribution in [0, 0.1) is 11.3 Å². The lowest BCUT2D eigenvalue weighted by Gasteiger charge is -2.17. The molecule has 0 aromatic heterocycles. The summed E-state index contributed by atoms with van der Waals surface area (Å²) in [6.45, 7) is 0.221. The van der Waals surface area contributed by atoms with Crippen molar-refractivity contribution in [2.75, 3.05) is 18.9 Å². The molecular weight excluding hydrogens is 250 g/mol. The molecule has 0 spiro atoms. The lowest BCUT2D eigenvalue weighted by molar-refractivity contribution is -0.128. The summed E-state index contributed by atoms with van der Waals surface area (Å²) in [5, 5.41) is 12.2. The molecule has 4 nitrogen and oxygen atoms in total. The minimum absolute atomic E-state index is 0.0536. The van der Waals surface area contributed by atoms with E-state index in [1.807, 2.05) is 13.1 Å². The van der Waals surface area contributed by atoms with Crippen LogP contribution in [0.3, 0.4) is 0 Å². The number of benzene rings is 1. The quantitative estimate of drug-likeness (QED) is 0.906. The topological polar surface area (TPSA) is 56.1 Å². The number of hydrogen-bond donors (Lipinski definition) is 1. The van der Waals surface area contributed by atoms with Gasteiger partial charge in [-0.1, -0.05) is 11.6 Å². The zero-order valence-corrected chi connectivity index (χ0v) is 10.9. The van der Waals surface area contributed by atoms with E-state index in [2.05, 4.69) is 5.32 Å². The SMILES string of the molecule is CN(C(=O)CNc1ccc(C#N)cc1Cl)C1CC1. The third kappa shape index (κ3) is 2.93. The van der Waals surface area contributed by atoms with E-state index in [4.69, 9.17) is 16.9 Å². The highest BCUT2D eigenvalue weighted by atomic mass is 35.5. The maximum Gasteiger partial charge on any atom is 0.241 e. The minimum Gasteiger partial charge on any atom is -0.375 e. The molecule has 2 rings (SSSR count). The van der Waals surface area contributed by atoms with Gasteiger partial charge in [0.05, 0.1) is 28.9 Å². The smallest absolute Gasteiger partial charge is 0.241 e. The second-order valence-electron chi connectivity index (χ2n) is 4.40. The predicted octanol–water partition coefficient (Wildman–Crippen LogP) is 2.24. The van der Waals surface area contributed by atoms with Crippen LogP contribution in [-0.2, 0) is 4.79 Å². The van der Waals surface area contributed by atoms with Crippen LogP contribution in [0.25, 0.3) is 0 Å². The summed E-state index contributed by atoms with van der Waals surface area (Å²) in [5.74, 6) is 0.0536. The molecule has 0 bridgehead atoms. The first-order valence-corrected chi connectivity index (χ1v) is 6.19. The van der Waals surface area contributed by atoms with Crippen LogP contribution in [0.2, 0.25) is 5.02 Å². The highest BCUT2D eigenvalue weighted by Gasteiger charge is 2.29. The van der Waals surface area contributed by atoms with Gasteiger partial charge in [0.2, 0.25) is 5.91 Å². The van der Waals surface area contributed by atoms with Crippen LogP contribution < -0.4 is 5.32 Å². The van der Waals surface area contributed by atoms with Gasteiger partial charge in [-0.15, -0.1) is 0 Å². The molecule has 1 aromatic rings. The first-order chi connectivity index (χ1) is 8.61. The zero-order chi connectivity index (χ0) is 13.1. The largest absolute Gasteiger partial charge is 0.375 e. The third-order valence-corrected chi connectivity index (χ3v) is 3.33. The number of nitriles is 1. The van der Waals surface area contributed by atoms with Gasteiger partial charge < -0.3 is 10.2 Å². The Labute approximate surface area is 111 Å². The molecule has 18 heavy (non-hydrogen) atoms. The second kappa shape index (κ2) is 5.28. The van der Waals surface area contributed by atoms with Crippen LogP contribution in [0.1, 0.15) is 18.4 Å². The van der Waals surface area contributed by atoms with Crippen LogP contribution in [0.4, 0.5) is 5.69 Å². The molecule has 0 atom stereocenters. The minimum atomic E-state index is 0.0536. The normalized spacial score (nSPS) is 13.8. The molecule has 0 aliphatic heterocycles. The number of likely N-dealkylation sites (N-methyl/N-ethyl adjacent to an activating group) is 1. The van der Waals surface area contributed by atoms with Crippen molar-refractivity contribution in [3.8, 4) is 6.07 Å². The number of amides is 1. The van der Waals surface area contributed by atoms with Gasteiger partial charge in [0.15, 0.2) is 0 Å². The van der Waals surface area contributed by atoms with E-state index < -0.39 is 0 Å². The van der Waals surface area contributed by atoms with E-state index in [-0.39, 0.29) is 12.5 Å². The molecule has 1 fully saturated rings. The summed E-state index contributed by atoms with van der Waals surface area (Å²) in [4.78, 5) is 13.6. The summed E-state index contributed by atoms with van der Waals surface area (Å²) in [6, 6.07) is 7.39.